The van der Waals surface area contributed by atoms with Gasteiger partial charge in [0.2, 0.25) is 5.91 Å². The summed E-state index contributed by atoms with van der Waals surface area (Å²) in [5, 5.41) is 2.89. The third kappa shape index (κ3) is 5.38. The van der Waals surface area contributed by atoms with Crippen LogP contribution in [-0.4, -0.2) is 12.5 Å². The molecule has 2 nitrogen and oxygen atoms in total. The lowest BCUT2D eigenvalue weighted by atomic mass is 10.1. The molecule has 2 aromatic rings. The fourth-order valence-electron chi connectivity index (χ4n) is 2.13. The monoisotopic (exact) mass is 285 g/mol. The van der Waals surface area contributed by atoms with Crippen LogP contribution in [0.1, 0.15) is 23.1 Å². The minimum absolute atomic E-state index is 0.0227. The highest BCUT2D eigenvalue weighted by molar-refractivity contribution is 5.78. The van der Waals surface area contributed by atoms with Gasteiger partial charge in [0.15, 0.2) is 0 Å². The molecule has 1 amide bonds. The number of hydrogen-bond donors (Lipinski definition) is 1. The molecule has 0 saturated carbocycles. The molecule has 0 saturated heterocycles. The first kappa shape index (κ1) is 15.2. The first-order chi connectivity index (χ1) is 10.1. The molecule has 0 aliphatic carbocycles. The van der Waals surface area contributed by atoms with Gasteiger partial charge >= 0.3 is 0 Å². The van der Waals surface area contributed by atoms with Crippen LogP contribution in [0.4, 0.5) is 4.39 Å². The minimum atomic E-state index is -0.280. The molecule has 0 bridgehead atoms. The number of carbonyl (C=O) groups excluding carboxylic acids is 1. The highest BCUT2D eigenvalue weighted by Crippen LogP contribution is 2.06. The van der Waals surface area contributed by atoms with Crippen LogP contribution in [0.2, 0.25) is 0 Å². The van der Waals surface area contributed by atoms with Crippen LogP contribution in [-0.2, 0) is 17.6 Å². The van der Waals surface area contributed by atoms with Crippen LogP contribution < -0.4 is 5.32 Å². The number of rotatable bonds is 6. The second kappa shape index (κ2) is 7.58. The van der Waals surface area contributed by atoms with E-state index in [1.165, 1.54) is 23.3 Å². The quantitative estimate of drug-likeness (QED) is 0.810. The summed E-state index contributed by atoms with van der Waals surface area (Å²) in [4.78, 5) is 11.7. The Labute approximate surface area is 125 Å². The maximum absolute atomic E-state index is 12.8. The van der Waals surface area contributed by atoms with E-state index in [0.29, 0.717) is 13.0 Å². The Bertz CT molecular complexity index is 575. The summed E-state index contributed by atoms with van der Waals surface area (Å²) in [5.74, 6) is -0.303. The number of halogens is 1. The zero-order valence-corrected chi connectivity index (χ0v) is 12.2. The Balaban J connectivity index is 1.67. The highest BCUT2D eigenvalue weighted by atomic mass is 19.1. The van der Waals surface area contributed by atoms with Gasteiger partial charge in [0.1, 0.15) is 5.82 Å². The van der Waals surface area contributed by atoms with Crippen molar-refractivity contribution in [2.24, 2.45) is 0 Å². The molecule has 21 heavy (non-hydrogen) atoms. The van der Waals surface area contributed by atoms with Gasteiger partial charge in [-0.25, -0.2) is 4.39 Å². The summed E-state index contributed by atoms with van der Waals surface area (Å²) in [5.41, 5.74) is 3.37. The third-order valence-corrected chi connectivity index (χ3v) is 3.36. The van der Waals surface area contributed by atoms with E-state index in [0.717, 1.165) is 18.4 Å². The summed E-state index contributed by atoms with van der Waals surface area (Å²) in [6.07, 6.45) is 2.17. The second-order valence-corrected chi connectivity index (χ2v) is 5.24. The highest BCUT2D eigenvalue weighted by Gasteiger charge is 2.03. The van der Waals surface area contributed by atoms with Gasteiger partial charge in [0.25, 0.3) is 0 Å². The topological polar surface area (TPSA) is 29.1 Å². The normalized spacial score (nSPS) is 10.4. The summed E-state index contributed by atoms with van der Waals surface area (Å²) in [6.45, 7) is 2.73. The maximum atomic E-state index is 12.8. The predicted molar refractivity (Wildman–Crippen MR) is 82.6 cm³/mol. The Morgan fingerprint density at radius 2 is 1.62 bits per heavy atom. The van der Waals surface area contributed by atoms with Gasteiger partial charge < -0.3 is 5.32 Å². The van der Waals surface area contributed by atoms with Gasteiger partial charge in [0.05, 0.1) is 6.42 Å². The molecular formula is C18H20FNO. The van der Waals surface area contributed by atoms with Gasteiger partial charge in [-0.15, -0.1) is 0 Å². The average Bonchev–Trinajstić information content (AvgIpc) is 2.48. The lowest BCUT2D eigenvalue weighted by molar-refractivity contribution is -0.120. The Morgan fingerprint density at radius 1 is 1.00 bits per heavy atom. The lowest BCUT2D eigenvalue weighted by Gasteiger charge is -2.06. The largest absolute Gasteiger partial charge is 0.356 e. The third-order valence-electron chi connectivity index (χ3n) is 3.36. The molecule has 0 aliphatic rings. The van der Waals surface area contributed by atoms with Crippen molar-refractivity contribution in [3.05, 3.63) is 71.0 Å². The Hall–Kier alpha value is -2.16. The van der Waals surface area contributed by atoms with Crippen molar-refractivity contribution < 1.29 is 9.18 Å². The molecule has 3 heteroatoms. The minimum Gasteiger partial charge on any atom is -0.356 e. The van der Waals surface area contributed by atoms with Crippen LogP contribution >= 0.6 is 0 Å². The van der Waals surface area contributed by atoms with Crippen molar-refractivity contribution in [2.75, 3.05) is 6.54 Å². The molecule has 110 valence electrons. The number of hydrogen-bond acceptors (Lipinski definition) is 1. The van der Waals surface area contributed by atoms with Crippen LogP contribution in [0.5, 0.6) is 0 Å². The molecule has 0 unspecified atom stereocenters. The number of nitrogens with one attached hydrogen (secondary N) is 1. The van der Waals surface area contributed by atoms with E-state index in [9.17, 15) is 9.18 Å². The fraction of sp³-hybridized carbons (Fsp3) is 0.278. The number of aryl methyl sites for hydroxylation is 2. The summed E-state index contributed by atoms with van der Waals surface area (Å²) < 4.78 is 12.8. The van der Waals surface area contributed by atoms with Crippen molar-refractivity contribution in [2.45, 2.75) is 26.2 Å². The molecule has 0 aromatic heterocycles. The molecule has 0 radical (unpaired) electrons. The number of carbonyl (C=O) groups is 1. The van der Waals surface area contributed by atoms with Gasteiger partial charge in [-0.3, -0.25) is 4.79 Å². The number of amides is 1. The second-order valence-electron chi connectivity index (χ2n) is 5.24. The molecule has 0 spiro atoms. The molecule has 2 rings (SSSR count). The van der Waals surface area contributed by atoms with E-state index in [1.807, 2.05) is 0 Å². The van der Waals surface area contributed by atoms with Gasteiger partial charge in [-0.05, 0) is 43.0 Å². The van der Waals surface area contributed by atoms with Crippen molar-refractivity contribution in [3.63, 3.8) is 0 Å². The van der Waals surface area contributed by atoms with E-state index in [2.05, 4.69) is 36.5 Å². The van der Waals surface area contributed by atoms with Crippen molar-refractivity contribution in [1.29, 1.82) is 0 Å². The maximum Gasteiger partial charge on any atom is 0.224 e. The lowest BCUT2D eigenvalue weighted by Crippen LogP contribution is -2.26. The smallest absolute Gasteiger partial charge is 0.224 e. The van der Waals surface area contributed by atoms with E-state index in [-0.39, 0.29) is 11.7 Å². The molecular weight excluding hydrogens is 265 g/mol. The molecule has 2 aromatic carbocycles. The van der Waals surface area contributed by atoms with Crippen molar-refractivity contribution >= 4 is 5.91 Å². The zero-order valence-electron chi connectivity index (χ0n) is 12.2. The van der Waals surface area contributed by atoms with E-state index in [4.69, 9.17) is 0 Å². The van der Waals surface area contributed by atoms with Gasteiger partial charge in [-0.1, -0.05) is 42.0 Å². The average molecular weight is 285 g/mol. The van der Waals surface area contributed by atoms with Crippen molar-refractivity contribution in [3.8, 4) is 0 Å². The Morgan fingerprint density at radius 3 is 2.29 bits per heavy atom. The molecule has 0 fully saturated rings. The molecule has 0 heterocycles. The standard InChI is InChI=1S/C18H20FNO/c1-14-4-6-15(7-5-14)3-2-12-20-18(21)13-16-8-10-17(19)11-9-16/h4-11H,2-3,12-13H2,1H3,(H,20,21). The molecule has 0 aliphatic heterocycles. The van der Waals surface area contributed by atoms with E-state index >= 15 is 0 Å². The van der Waals surface area contributed by atoms with Crippen LogP contribution in [0, 0.1) is 12.7 Å². The van der Waals surface area contributed by atoms with Crippen LogP contribution in [0.15, 0.2) is 48.5 Å². The SMILES string of the molecule is Cc1ccc(CCCNC(=O)Cc2ccc(F)cc2)cc1. The molecule has 1 N–H and O–H groups in total. The first-order valence-electron chi connectivity index (χ1n) is 7.20. The van der Waals surface area contributed by atoms with Crippen LogP contribution in [0.3, 0.4) is 0 Å². The van der Waals surface area contributed by atoms with Gasteiger partial charge in [-0.2, -0.15) is 0 Å². The predicted octanol–water partition coefficient (Wildman–Crippen LogP) is 3.43. The first-order valence-corrected chi connectivity index (χ1v) is 7.20. The van der Waals surface area contributed by atoms with Gasteiger partial charge in [0, 0.05) is 6.54 Å². The zero-order chi connectivity index (χ0) is 15.1. The van der Waals surface area contributed by atoms with Crippen LogP contribution in [0.25, 0.3) is 0 Å². The fourth-order valence-corrected chi connectivity index (χ4v) is 2.13. The summed E-state index contributed by atoms with van der Waals surface area (Å²) in [7, 11) is 0. The molecule has 0 atom stereocenters. The Kier molecular flexibility index (Phi) is 5.50. The van der Waals surface area contributed by atoms with E-state index < -0.39 is 0 Å². The van der Waals surface area contributed by atoms with Crippen molar-refractivity contribution in [1.82, 2.24) is 5.32 Å². The summed E-state index contributed by atoms with van der Waals surface area (Å²) in [6, 6.07) is 14.5. The number of benzene rings is 2. The summed E-state index contributed by atoms with van der Waals surface area (Å²) >= 11 is 0. The van der Waals surface area contributed by atoms with E-state index in [1.54, 1.807) is 12.1 Å².